The van der Waals surface area contributed by atoms with Crippen LogP contribution in [0.25, 0.3) is 0 Å². The van der Waals surface area contributed by atoms with Gasteiger partial charge in [-0.3, -0.25) is 15.0 Å². The number of nitro benzene ring substituents is 1. The molecule has 0 atom stereocenters. The van der Waals surface area contributed by atoms with E-state index >= 15 is 0 Å². The molecule has 2 aromatic rings. The fraction of sp³-hybridized carbons (Fsp3) is 0.429. The maximum absolute atomic E-state index is 12.0. The highest BCUT2D eigenvalue weighted by Crippen LogP contribution is 2.27. The van der Waals surface area contributed by atoms with E-state index in [1.807, 2.05) is 12.1 Å². The minimum atomic E-state index is -3.59. The van der Waals surface area contributed by atoms with Gasteiger partial charge < -0.3 is 5.32 Å². The lowest BCUT2D eigenvalue weighted by atomic mass is 10.1. The van der Waals surface area contributed by atoms with E-state index in [0.717, 1.165) is 37.5 Å². The summed E-state index contributed by atoms with van der Waals surface area (Å²) in [5, 5.41) is 14.1. The predicted molar refractivity (Wildman–Crippen MR) is 114 cm³/mol. The topological polar surface area (TPSA) is 92.5 Å². The molecule has 1 heterocycles. The van der Waals surface area contributed by atoms with Crippen LogP contribution < -0.4 is 5.32 Å². The molecule has 1 aliphatic rings. The van der Waals surface area contributed by atoms with Crippen LogP contribution in [0.1, 0.15) is 36.8 Å². The van der Waals surface area contributed by atoms with Crippen LogP contribution in [-0.4, -0.2) is 37.6 Å². The maximum Gasteiger partial charge on any atom is 0.270 e. The summed E-state index contributed by atoms with van der Waals surface area (Å²) < 4.78 is 24.1. The number of likely N-dealkylation sites (tertiary alicyclic amines) is 1. The summed E-state index contributed by atoms with van der Waals surface area (Å²) in [5.74, 6) is 0. The lowest BCUT2D eigenvalue weighted by Gasteiger charge is -2.20. The standard InChI is InChI=1S/C21H27N3O4S/c1-29(27,28)21-14-19(24(25)26)10-11-20(21)22-15-17-6-8-18(9-7-17)16-23-12-4-2-3-5-13-23/h6-11,14,22H,2-5,12-13,15-16H2,1H3. The average molecular weight is 418 g/mol. The molecule has 3 rings (SSSR count). The van der Waals surface area contributed by atoms with E-state index in [2.05, 4.69) is 22.3 Å². The monoisotopic (exact) mass is 417 g/mol. The molecule has 7 nitrogen and oxygen atoms in total. The average Bonchev–Trinajstić information content (AvgIpc) is 2.95. The Bertz CT molecular complexity index is 950. The molecule has 1 aliphatic heterocycles. The summed E-state index contributed by atoms with van der Waals surface area (Å²) in [7, 11) is -3.59. The highest BCUT2D eigenvalue weighted by Gasteiger charge is 2.18. The van der Waals surface area contributed by atoms with Gasteiger partial charge in [-0.1, -0.05) is 37.1 Å². The van der Waals surface area contributed by atoms with Crippen LogP contribution in [0, 0.1) is 10.1 Å². The van der Waals surface area contributed by atoms with Gasteiger partial charge >= 0.3 is 0 Å². The number of non-ortho nitro benzene ring substituents is 1. The number of nitrogens with zero attached hydrogens (tertiary/aromatic N) is 2. The van der Waals surface area contributed by atoms with Gasteiger partial charge in [-0.15, -0.1) is 0 Å². The number of sulfone groups is 1. The molecule has 8 heteroatoms. The van der Waals surface area contributed by atoms with Crippen LogP contribution in [0.5, 0.6) is 0 Å². The molecule has 0 radical (unpaired) electrons. The maximum atomic E-state index is 12.0. The lowest BCUT2D eigenvalue weighted by molar-refractivity contribution is -0.385. The first-order chi connectivity index (χ1) is 13.8. The quantitative estimate of drug-likeness (QED) is 0.541. The Morgan fingerprint density at radius 3 is 2.21 bits per heavy atom. The summed E-state index contributed by atoms with van der Waals surface area (Å²) in [6, 6.07) is 12.1. The molecule has 1 N–H and O–H groups in total. The molecule has 0 amide bonds. The SMILES string of the molecule is CS(=O)(=O)c1cc([N+](=O)[O-])ccc1NCc1ccc(CN2CCCCCC2)cc1. The molecule has 1 saturated heterocycles. The van der Waals surface area contributed by atoms with Crippen molar-refractivity contribution in [3.8, 4) is 0 Å². The Hall–Kier alpha value is -2.45. The van der Waals surface area contributed by atoms with E-state index in [9.17, 15) is 18.5 Å². The van der Waals surface area contributed by atoms with Crippen LogP contribution in [0.15, 0.2) is 47.4 Å². The van der Waals surface area contributed by atoms with Crippen LogP contribution in [0.3, 0.4) is 0 Å². The Labute approximate surface area is 171 Å². The second-order valence-electron chi connectivity index (χ2n) is 7.57. The molecule has 0 unspecified atom stereocenters. The Morgan fingerprint density at radius 2 is 1.62 bits per heavy atom. The van der Waals surface area contributed by atoms with Crippen LogP contribution in [0.4, 0.5) is 11.4 Å². The minimum absolute atomic E-state index is 0.0653. The summed E-state index contributed by atoms with van der Waals surface area (Å²) in [4.78, 5) is 12.8. The van der Waals surface area contributed by atoms with Crippen molar-refractivity contribution in [2.75, 3.05) is 24.7 Å². The Kier molecular flexibility index (Phi) is 6.87. The third-order valence-corrected chi connectivity index (χ3v) is 6.32. The van der Waals surface area contributed by atoms with Gasteiger partial charge in [0, 0.05) is 31.5 Å². The number of hydrogen-bond donors (Lipinski definition) is 1. The van der Waals surface area contributed by atoms with Crippen molar-refractivity contribution in [2.45, 2.75) is 43.7 Å². The molecular weight excluding hydrogens is 390 g/mol. The molecule has 0 spiro atoms. The molecule has 0 aromatic heterocycles. The van der Waals surface area contributed by atoms with E-state index in [0.29, 0.717) is 12.2 Å². The smallest absolute Gasteiger partial charge is 0.270 e. The summed E-state index contributed by atoms with van der Waals surface area (Å²) in [6.45, 7) is 3.69. The van der Waals surface area contributed by atoms with Crippen LogP contribution in [0.2, 0.25) is 0 Å². The normalized spacial score (nSPS) is 15.6. The molecule has 0 aliphatic carbocycles. The zero-order valence-electron chi connectivity index (χ0n) is 16.6. The number of nitrogens with one attached hydrogen (secondary N) is 1. The second kappa shape index (κ2) is 9.37. The fourth-order valence-corrected chi connectivity index (χ4v) is 4.46. The zero-order valence-corrected chi connectivity index (χ0v) is 17.5. The van der Waals surface area contributed by atoms with Gasteiger partial charge in [-0.2, -0.15) is 0 Å². The van der Waals surface area contributed by atoms with Crippen LogP contribution >= 0.6 is 0 Å². The lowest BCUT2D eigenvalue weighted by Crippen LogP contribution is -2.23. The summed E-state index contributed by atoms with van der Waals surface area (Å²) >= 11 is 0. The molecule has 0 saturated carbocycles. The Balaban J connectivity index is 1.66. The molecule has 1 fully saturated rings. The van der Waals surface area contributed by atoms with E-state index in [-0.39, 0.29) is 10.6 Å². The van der Waals surface area contributed by atoms with Gasteiger partial charge in [0.1, 0.15) is 0 Å². The van der Waals surface area contributed by atoms with E-state index < -0.39 is 14.8 Å². The Morgan fingerprint density at radius 1 is 1.00 bits per heavy atom. The van der Waals surface area contributed by atoms with E-state index in [4.69, 9.17) is 0 Å². The highest BCUT2D eigenvalue weighted by molar-refractivity contribution is 7.90. The minimum Gasteiger partial charge on any atom is -0.380 e. The third-order valence-electron chi connectivity index (χ3n) is 5.19. The first-order valence-electron chi connectivity index (χ1n) is 9.85. The number of hydrogen-bond acceptors (Lipinski definition) is 6. The van der Waals surface area contributed by atoms with Crippen molar-refractivity contribution >= 4 is 21.2 Å². The second-order valence-corrected chi connectivity index (χ2v) is 9.55. The van der Waals surface area contributed by atoms with Crippen molar-refractivity contribution in [1.29, 1.82) is 0 Å². The zero-order chi connectivity index (χ0) is 20.9. The van der Waals surface area contributed by atoms with Gasteiger partial charge in [-0.05, 0) is 43.1 Å². The van der Waals surface area contributed by atoms with Crippen molar-refractivity contribution in [2.24, 2.45) is 0 Å². The largest absolute Gasteiger partial charge is 0.380 e. The number of benzene rings is 2. The number of anilines is 1. The summed E-state index contributed by atoms with van der Waals surface area (Å²) in [6.07, 6.45) is 6.22. The van der Waals surface area contributed by atoms with Crippen molar-refractivity contribution in [1.82, 2.24) is 4.90 Å². The first kappa shape index (κ1) is 21.3. The van der Waals surface area contributed by atoms with Gasteiger partial charge in [0.25, 0.3) is 5.69 Å². The predicted octanol–water partition coefficient (Wildman–Crippen LogP) is 3.99. The van der Waals surface area contributed by atoms with E-state index in [1.165, 1.54) is 43.4 Å². The fourth-order valence-electron chi connectivity index (χ4n) is 3.59. The number of nitro groups is 1. The van der Waals surface area contributed by atoms with Gasteiger partial charge in [-0.25, -0.2) is 8.42 Å². The van der Waals surface area contributed by atoms with Crippen LogP contribution in [-0.2, 0) is 22.9 Å². The molecule has 156 valence electrons. The van der Waals surface area contributed by atoms with Gasteiger partial charge in [0.15, 0.2) is 9.84 Å². The van der Waals surface area contributed by atoms with Gasteiger partial charge in [0.05, 0.1) is 15.5 Å². The van der Waals surface area contributed by atoms with E-state index in [1.54, 1.807) is 0 Å². The molecule has 0 bridgehead atoms. The van der Waals surface area contributed by atoms with Gasteiger partial charge in [0.2, 0.25) is 0 Å². The highest BCUT2D eigenvalue weighted by atomic mass is 32.2. The molecule has 2 aromatic carbocycles. The molecule has 29 heavy (non-hydrogen) atoms. The van der Waals surface area contributed by atoms with Crippen molar-refractivity contribution < 1.29 is 13.3 Å². The molecular formula is C21H27N3O4S. The van der Waals surface area contributed by atoms with Crippen molar-refractivity contribution in [3.63, 3.8) is 0 Å². The summed E-state index contributed by atoms with van der Waals surface area (Å²) in [5.41, 5.74) is 2.41. The van der Waals surface area contributed by atoms with Crippen molar-refractivity contribution in [3.05, 3.63) is 63.7 Å². The number of rotatable bonds is 7. The first-order valence-corrected chi connectivity index (χ1v) is 11.7. The third kappa shape index (κ3) is 6.01.